The molecule has 0 spiro atoms. The first-order chi connectivity index (χ1) is 9.71. The Labute approximate surface area is 122 Å². The monoisotopic (exact) mass is 282 g/mol. The van der Waals surface area contributed by atoms with Crippen molar-refractivity contribution in [2.45, 2.75) is 75.8 Å². The van der Waals surface area contributed by atoms with Gasteiger partial charge in [-0.05, 0) is 45.6 Å². The van der Waals surface area contributed by atoms with Crippen LogP contribution in [0.25, 0.3) is 0 Å². The van der Waals surface area contributed by atoms with Gasteiger partial charge < -0.3 is 15.3 Å². The Bertz CT molecular complexity index is 312. The van der Waals surface area contributed by atoms with Crippen LogP contribution in [0.15, 0.2) is 0 Å². The highest BCUT2D eigenvalue weighted by Crippen LogP contribution is 2.32. The predicted molar refractivity (Wildman–Crippen MR) is 80.5 cm³/mol. The molecule has 1 aliphatic heterocycles. The largest absolute Gasteiger partial charge is 0.396 e. The molecule has 0 aromatic rings. The van der Waals surface area contributed by atoms with E-state index in [1.807, 2.05) is 11.9 Å². The van der Waals surface area contributed by atoms with Crippen LogP contribution in [0, 0.1) is 0 Å². The Kier molecular flexibility index (Phi) is 5.85. The molecule has 1 unspecified atom stereocenters. The molecular weight excluding hydrogens is 252 g/mol. The number of carbonyl (C=O) groups excluding carboxylic acids is 1. The number of amides is 1. The normalized spacial score (nSPS) is 26.5. The Morgan fingerprint density at radius 1 is 1.25 bits per heavy atom. The lowest BCUT2D eigenvalue weighted by Crippen LogP contribution is -2.52. The molecule has 1 atom stereocenters. The summed E-state index contributed by atoms with van der Waals surface area (Å²) >= 11 is 0. The molecule has 2 N–H and O–H groups in total. The van der Waals surface area contributed by atoms with Gasteiger partial charge in [0.1, 0.15) is 0 Å². The number of aliphatic hydroxyl groups is 1. The number of carbonyl (C=O) groups is 1. The van der Waals surface area contributed by atoms with Crippen molar-refractivity contribution < 1.29 is 9.90 Å². The first-order valence-corrected chi connectivity index (χ1v) is 8.30. The lowest BCUT2D eigenvalue weighted by molar-refractivity contribution is -0.137. The SMILES string of the molecule is CNC1(CC(=O)N2CCCCC2CCO)CCCCC1. The fourth-order valence-corrected chi connectivity index (χ4v) is 3.91. The highest BCUT2D eigenvalue weighted by molar-refractivity contribution is 5.78. The van der Waals surface area contributed by atoms with Crippen LogP contribution < -0.4 is 5.32 Å². The summed E-state index contributed by atoms with van der Waals surface area (Å²) in [6, 6.07) is 0.263. The lowest BCUT2D eigenvalue weighted by Gasteiger charge is -2.41. The molecule has 1 aliphatic carbocycles. The second kappa shape index (κ2) is 7.41. The lowest BCUT2D eigenvalue weighted by atomic mass is 9.79. The van der Waals surface area contributed by atoms with Crippen molar-refractivity contribution in [2.24, 2.45) is 0 Å². The van der Waals surface area contributed by atoms with Gasteiger partial charge >= 0.3 is 0 Å². The average Bonchev–Trinajstić information content (AvgIpc) is 2.49. The van der Waals surface area contributed by atoms with Crippen LogP contribution in [0.2, 0.25) is 0 Å². The summed E-state index contributed by atoms with van der Waals surface area (Å²) < 4.78 is 0. The van der Waals surface area contributed by atoms with Crippen LogP contribution in [-0.4, -0.2) is 47.7 Å². The summed E-state index contributed by atoms with van der Waals surface area (Å²) in [4.78, 5) is 14.8. The van der Waals surface area contributed by atoms with E-state index in [4.69, 9.17) is 0 Å². The molecule has 116 valence electrons. The van der Waals surface area contributed by atoms with Crippen LogP contribution in [-0.2, 0) is 4.79 Å². The molecule has 1 amide bonds. The molecule has 1 saturated carbocycles. The highest BCUT2D eigenvalue weighted by Gasteiger charge is 2.36. The molecule has 2 aliphatic rings. The first-order valence-electron chi connectivity index (χ1n) is 8.30. The van der Waals surface area contributed by atoms with E-state index in [0.717, 1.165) is 38.6 Å². The zero-order valence-electron chi connectivity index (χ0n) is 12.9. The second-order valence-electron chi connectivity index (χ2n) is 6.52. The molecule has 0 aromatic heterocycles. The number of piperidine rings is 1. The minimum absolute atomic E-state index is 0.0244. The van der Waals surface area contributed by atoms with E-state index in [1.165, 1.54) is 25.7 Å². The fourth-order valence-electron chi connectivity index (χ4n) is 3.91. The third-order valence-electron chi connectivity index (χ3n) is 5.24. The van der Waals surface area contributed by atoms with Gasteiger partial charge in [0, 0.05) is 31.2 Å². The van der Waals surface area contributed by atoms with E-state index in [9.17, 15) is 9.90 Å². The van der Waals surface area contributed by atoms with Crippen LogP contribution >= 0.6 is 0 Å². The number of nitrogens with zero attached hydrogens (tertiary/aromatic N) is 1. The Hall–Kier alpha value is -0.610. The Morgan fingerprint density at radius 3 is 2.65 bits per heavy atom. The summed E-state index contributed by atoms with van der Waals surface area (Å²) in [7, 11) is 2.00. The fraction of sp³-hybridized carbons (Fsp3) is 0.938. The first kappa shape index (κ1) is 15.8. The second-order valence-corrected chi connectivity index (χ2v) is 6.52. The van der Waals surface area contributed by atoms with Gasteiger partial charge in [-0.2, -0.15) is 0 Å². The number of hydrogen-bond acceptors (Lipinski definition) is 3. The summed E-state index contributed by atoms with van der Waals surface area (Å²) in [6.45, 7) is 1.06. The van der Waals surface area contributed by atoms with Crippen molar-refractivity contribution >= 4 is 5.91 Å². The number of aliphatic hydroxyl groups excluding tert-OH is 1. The van der Waals surface area contributed by atoms with Gasteiger partial charge in [0.25, 0.3) is 0 Å². The standard InChI is InChI=1S/C16H30N2O2/c1-17-16(9-4-2-5-10-16)13-15(20)18-11-6-3-7-14(18)8-12-19/h14,17,19H,2-13H2,1H3. The Morgan fingerprint density at radius 2 is 2.00 bits per heavy atom. The maximum absolute atomic E-state index is 12.7. The van der Waals surface area contributed by atoms with Crippen LogP contribution in [0.4, 0.5) is 0 Å². The molecule has 1 saturated heterocycles. The van der Waals surface area contributed by atoms with Crippen molar-refractivity contribution in [3.05, 3.63) is 0 Å². The molecule has 4 nitrogen and oxygen atoms in total. The van der Waals surface area contributed by atoms with Crippen molar-refractivity contribution in [2.75, 3.05) is 20.2 Å². The van der Waals surface area contributed by atoms with E-state index < -0.39 is 0 Å². The molecule has 0 bridgehead atoms. The van der Waals surface area contributed by atoms with Crippen LogP contribution in [0.5, 0.6) is 0 Å². The third kappa shape index (κ3) is 3.73. The Balaban J connectivity index is 1.97. The van der Waals surface area contributed by atoms with Crippen LogP contribution in [0.3, 0.4) is 0 Å². The van der Waals surface area contributed by atoms with Crippen molar-refractivity contribution in [1.29, 1.82) is 0 Å². The average molecular weight is 282 g/mol. The molecule has 2 rings (SSSR count). The minimum atomic E-state index is 0.0244. The maximum Gasteiger partial charge on any atom is 0.224 e. The van der Waals surface area contributed by atoms with Gasteiger partial charge in [-0.15, -0.1) is 0 Å². The number of hydrogen-bond donors (Lipinski definition) is 2. The topological polar surface area (TPSA) is 52.6 Å². The van der Waals surface area contributed by atoms with Crippen molar-refractivity contribution in [3.63, 3.8) is 0 Å². The van der Waals surface area contributed by atoms with Gasteiger partial charge in [-0.3, -0.25) is 4.79 Å². The highest BCUT2D eigenvalue weighted by atomic mass is 16.3. The zero-order chi connectivity index (χ0) is 14.4. The summed E-state index contributed by atoms with van der Waals surface area (Å²) in [5, 5.41) is 12.6. The number of likely N-dealkylation sites (tertiary alicyclic amines) is 1. The summed E-state index contributed by atoms with van der Waals surface area (Å²) in [6.07, 6.45) is 10.7. The van der Waals surface area contributed by atoms with Gasteiger partial charge in [0.2, 0.25) is 5.91 Å². The summed E-state index contributed by atoms with van der Waals surface area (Å²) in [5.41, 5.74) is 0.0244. The predicted octanol–water partition coefficient (Wildman–Crippen LogP) is 2.06. The van der Waals surface area contributed by atoms with E-state index in [2.05, 4.69) is 5.32 Å². The molecule has 4 heteroatoms. The van der Waals surface area contributed by atoms with Crippen LogP contribution in [0.1, 0.15) is 64.2 Å². The summed E-state index contributed by atoms with van der Waals surface area (Å²) in [5.74, 6) is 0.291. The van der Waals surface area contributed by atoms with Crippen molar-refractivity contribution in [1.82, 2.24) is 10.2 Å². The smallest absolute Gasteiger partial charge is 0.224 e. The molecular formula is C16H30N2O2. The van der Waals surface area contributed by atoms with Gasteiger partial charge in [-0.25, -0.2) is 0 Å². The number of nitrogens with one attached hydrogen (secondary N) is 1. The molecule has 0 radical (unpaired) electrons. The minimum Gasteiger partial charge on any atom is -0.396 e. The van der Waals surface area contributed by atoms with E-state index >= 15 is 0 Å². The van der Waals surface area contributed by atoms with Gasteiger partial charge in [0.15, 0.2) is 0 Å². The van der Waals surface area contributed by atoms with E-state index in [1.54, 1.807) is 0 Å². The number of rotatable bonds is 5. The van der Waals surface area contributed by atoms with E-state index in [-0.39, 0.29) is 18.2 Å². The zero-order valence-corrected chi connectivity index (χ0v) is 12.9. The maximum atomic E-state index is 12.7. The van der Waals surface area contributed by atoms with E-state index in [0.29, 0.717) is 12.3 Å². The quantitative estimate of drug-likeness (QED) is 0.811. The third-order valence-corrected chi connectivity index (χ3v) is 5.24. The van der Waals surface area contributed by atoms with Gasteiger partial charge in [0.05, 0.1) is 0 Å². The molecule has 0 aromatic carbocycles. The van der Waals surface area contributed by atoms with Crippen molar-refractivity contribution in [3.8, 4) is 0 Å². The molecule has 2 fully saturated rings. The molecule has 20 heavy (non-hydrogen) atoms. The van der Waals surface area contributed by atoms with Gasteiger partial charge in [-0.1, -0.05) is 19.3 Å². The molecule has 1 heterocycles.